The lowest BCUT2D eigenvalue weighted by Crippen LogP contribution is -2.13. The van der Waals surface area contributed by atoms with Crippen molar-refractivity contribution < 1.29 is 19.4 Å². The number of aromatic nitrogens is 3. The van der Waals surface area contributed by atoms with Crippen molar-refractivity contribution in [2.24, 2.45) is 14.1 Å². The van der Waals surface area contributed by atoms with E-state index in [4.69, 9.17) is 31.3 Å². The van der Waals surface area contributed by atoms with Crippen molar-refractivity contribution in [3.05, 3.63) is 88.3 Å². The number of carbonyl (C=O) groups is 1. The average molecular weight is 628 g/mol. The zero-order chi connectivity index (χ0) is 31.9. The maximum Gasteiger partial charge on any atom is 0.355 e. The molecule has 7 nitrogen and oxygen atoms in total. The number of aliphatic hydroxyl groups excluding tert-OH is 1. The van der Waals surface area contributed by atoms with Gasteiger partial charge in [0, 0.05) is 48.3 Å². The molecule has 8 heteroatoms. The number of allylic oxidation sites excluding steroid dienone is 1. The number of aliphatic hydroxyl groups is 1. The molecule has 0 amide bonds. The standard InChI is InChI=1S/C37H42ClN3O4/c1-5-31-34(30(39-41(31)4)19-9-7-8-12-23-42)33-29(38)22-21-28-27(36(37(43)44-6-2)40(3)35(28)33)18-14-24-45-32-20-13-16-25-15-10-11-17-26(25)32/h9-11,13,15-17,19-22,42H,5-8,12,14,18,23-24H2,1-4H3/b19-9+. The molecule has 0 bridgehead atoms. The van der Waals surface area contributed by atoms with Gasteiger partial charge in [-0.25, -0.2) is 4.79 Å². The maximum atomic E-state index is 13.5. The first-order chi connectivity index (χ1) is 21.9. The normalized spacial score (nSPS) is 11.7. The van der Waals surface area contributed by atoms with Gasteiger partial charge >= 0.3 is 5.97 Å². The average Bonchev–Trinajstić information content (AvgIpc) is 3.51. The Morgan fingerprint density at radius 2 is 1.78 bits per heavy atom. The van der Waals surface area contributed by atoms with Crippen molar-refractivity contribution in [2.45, 2.75) is 52.4 Å². The summed E-state index contributed by atoms with van der Waals surface area (Å²) in [5.74, 6) is 0.500. The van der Waals surface area contributed by atoms with Crippen LogP contribution in [0.3, 0.4) is 0 Å². The zero-order valence-electron chi connectivity index (χ0n) is 26.6. The number of hydrogen-bond acceptors (Lipinski definition) is 5. The molecular weight excluding hydrogens is 586 g/mol. The van der Waals surface area contributed by atoms with Crippen LogP contribution in [-0.4, -0.2) is 45.2 Å². The summed E-state index contributed by atoms with van der Waals surface area (Å²) in [5.41, 5.74) is 6.06. The minimum absolute atomic E-state index is 0.189. The summed E-state index contributed by atoms with van der Waals surface area (Å²) in [6.07, 6.45) is 8.76. The van der Waals surface area contributed by atoms with Crippen LogP contribution in [0.5, 0.6) is 5.75 Å². The van der Waals surface area contributed by atoms with E-state index < -0.39 is 0 Å². The van der Waals surface area contributed by atoms with Crippen LogP contribution in [0.2, 0.25) is 5.02 Å². The molecule has 236 valence electrons. The van der Waals surface area contributed by atoms with Crippen molar-refractivity contribution in [2.75, 3.05) is 19.8 Å². The van der Waals surface area contributed by atoms with Crippen LogP contribution in [0, 0.1) is 0 Å². The smallest absolute Gasteiger partial charge is 0.355 e. The van der Waals surface area contributed by atoms with E-state index in [9.17, 15) is 4.79 Å². The number of carbonyl (C=O) groups excluding carboxylic acids is 1. The first kappa shape index (κ1) is 32.3. The van der Waals surface area contributed by atoms with Crippen LogP contribution in [0.4, 0.5) is 0 Å². The Morgan fingerprint density at radius 1 is 0.978 bits per heavy atom. The molecule has 0 aliphatic carbocycles. The number of fused-ring (bicyclic) bond motifs is 2. The van der Waals surface area contributed by atoms with E-state index in [1.165, 1.54) is 0 Å². The molecule has 0 spiro atoms. The van der Waals surface area contributed by atoms with Gasteiger partial charge in [-0.2, -0.15) is 5.10 Å². The van der Waals surface area contributed by atoms with E-state index in [0.717, 1.165) is 81.2 Å². The molecule has 3 aromatic carbocycles. The first-order valence-corrected chi connectivity index (χ1v) is 16.2. The third kappa shape index (κ3) is 6.65. The maximum absolute atomic E-state index is 13.5. The van der Waals surface area contributed by atoms with Crippen LogP contribution in [0.15, 0.2) is 60.7 Å². The molecule has 45 heavy (non-hydrogen) atoms. The highest BCUT2D eigenvalue weighted by Crippen LogP contribution is 2.42. The number of unbranched alkanes of at least 4 members (excludes halogenated alkanes) is 2. The molecule has 1 N–H and O–H groups in total. The van der Waals surface area contributed by atoms with Crippen LogP contribution in [-0.2, 0) is 31.7 Å². The Bertz CT molecular complexity index is 1830. The van der Waals surface area contributed by atoms with Crippen LogP contribution < -0.4 is 4.74 Å². The number of ether oxygens (including phenoxy) is 2. The zero-order valence-corrected chi connectivity index (χ0v) is 27.4. The molecule has 2 heterocycles. The van der Waals surface area contributed by atoms with Crippen LogP contribution >= 0.6 is 11.6 Å². The molecule has 0 fully saturated rings. The highest BCUT2D eigenvalue weighted by molar-refractivity contribution is 6.35. The van der Waals surface area contributed by atoms with Crippen molar-refractivity contribution in [3.8, 4) is 16.9 Å². The van der Waals surface area contributed by atoms with E-state index in [1.54, 1.807) is 0 Å². The number of rotatable bonds is 14. The molecule has 0 aliphatic rings. The minimum Gasteiger partial charge on any atom is -0.493 e. The van der Waals surface area contributed by atoms with Gasteiger partial charge in [-0.05, 0) is 74.6 Å². The monoisotopic (exact) mass is 627 g/mol. The van der Waals surface area contributed by atoms with Gasteiger partial charge in [0.2, 0.25) is 0 Å². The van der Waals surface area contributed by atoms with Crippen molar-refractivity contribution in [3.63, 3.8) is 0 Å². The molecule has 2 aromatic heterocycles. The third-order valence-electron chi connectivity index (χ3n) is 8.29. The molecule has 0 atom stereocenters. The second kappa shape index (κ2) is 14.8. The second-order valence-electron chi connectivity index (χ2n) is 11.2. The number of nitrogens with zero attached hydrogens (tertiary/aromatic N) is 3. The Labute approximate surface area is 270 Å². The fraction of sp³-hybridized carbons (Fsp3) is 0.351. The molecular formula is C37H42ClN3O4. The molecule has 0 saturated carbocycles. The highest BCUT2D eigenvalue weighted by Gasteiger charge is 2.28. The van der Waals surface area contributed by atoms with Gasteiger partial charge in [0.15, 0.2) is 0 Å². The molecule has 0 aliphatic heterocycles. The predicted molar refractivity (Wildman–Crippen MR) is 183 cm³/mol. The summed E-state index contributed by atoms with van der Waals surface area (Å²) in [6, 6.07) is 18.2. The van der Waals surface area contributed by atoms with Crippen LogP contribution in [0.1, 0.15) is 67.0 Å². The van der Waals surface area contributed by atoms with E-state index in [1.807, 2.05) is 72.7 Å². The Balaban J connectivity index is 1.55. The lowest BCUT2D eigenvalue weighted by molar-refractivity contribution is 0.0514. The van der Waals surface area contributed by atoms with Gasteiger partial charge in [0.25, 0.3) is 0 Å². The third-order valence-corrected chi connectivity index (χ3v) is 8.60. The van der Waals surface area contributed by atoms with Crippen molar-refractivity contribution in [1.29, 1.82) is 0 Å². The summed E-state index contributed by atoms with van der Waals surface area (Å²) in [7, 11) is 3.87. The van der Waals surface area contributed by atoms with Gasteiger partial charge < -0.3 is 19.1 Å². The predicted octanol–water partition coefficient (Wildman–Crippen LogP) is 8.31. The number of aryl methyl sites for hydroxylation is 3. The summed E-state index contributed by atoms with van der Waals surface area (Å²) in [5, 5.41) is 17.8. The SMILES string of the molecule is CCOC(=O)c1c(CCCOc2cccc3ccccc23)c2ccc(Cl)c(-c3c(/C=C/CCCCO)nn(C)c3CC)c2n1C. The fourth-order valence-corrected chi connectivity index (χ4v) is 6.50. The largest absolute Gasteiger partial charge is 0.493 e. The molecule has 0 saturated heterocycles. The highest BCUT2D eigenvalue weighted by atomic mass is 35.5. The van der Waals surface area contributed by atoms with Gasteiger partial charge in [-0.15, -0.1) is 0 Å². The minimum atomic E-state index is -0.353. The molecule has 5 aromatic rings. The Kier molecular flexibility index (Phi) is 10.6. The van der Waals surface area contributed by atoms with Gasteiger partial charge in [-0.1, -0.05) is 67.1 Å². The first-order valence-electron chi connectivity index (χ1n) is 15.8. The topological polar surface area (TPSA) is 78.5 Å². The van der Waals surface area contributed by atoms with E-state index >= 15 is 0 Å². The van der Waals surface area contributed by atoms with Gasteiger partial charge in [0.1, 0.15) is 11.4 Å². The lowest BCUT2D eigenvalue weighted by Gasteiger charge is -2.12. The summed E-state index contributed by atoms with van der Waals surface area (Å²) in [4.78, 5) is 13.5. The molecule has 5 rings (SSSR count). The Hall–Kier alpha value is -4.07. The number of esters is 1. The molecule has 0 radical (unpaired) electrons. The van der Waals surface area contributed by atoms with Crippen molar-refractivity contribution >= 4 is 45.3 Å². The van der Waals surface area contributed by atoms with E-state index in [-0.39, 0.29) is 19.2 Å². The number of hydrogen-bond donors (Lipinski definition) is 1. The second-order valence-corrected chi connectivity index (χ2v) is 11.6. The number of halogens is 1. The Morgan fingerprint density at radius 3 is 2.56 bits per heavy atom. The lowest BCUT2D eigenvalue weighted by atomic mass is 9.96. The number of benzene rings is 3. The van der Waals surface area contributed by atoms with E-state index in [0.29, 0.717) is 30.2 Å². The fourth-order valence-electron chi connectivity index (χ4n) is 6.25. The van der Waals surface area contributed by atoms with Crippen molar-refractivity contribution in [1.82, 2.24) is 14.3 Å². The van der Waals surface area contributed by atoms with Gasteiger partial charge in [0.05, 0.1) is 29.4 Å². The van der Waals surface area contributed by atoms with Gasteiger partial charge in [-0.3, -0.25) is 4.68 Å². The van der Waals surface area contributed by atoms with E-state index in [2.05, 4.69) is 31.2 Å². The van der Waals surface area contributed by atoms with Crippen LogP contribution in [0.25, 0.3) is 38.9 Å². The summed E-state index contributed by atoms with van der Waals surface area (Å²) < 4.78 is 15.7. The quantitative estimate of drug-likeness (QED) is 0.0989. The molecule has 0 unspecified atom stereocenters. The summed E-state index contributed by atoms with van der Waals surface area (Å²) >= 11 is 7.03. The summed E-state index contributed by atoms with van der Waals surface area (Å²) in [6.45, 7) is 4.91.